The number of hydrogen-bond donors (Lipinski definition) is 1. The van der Waals surface area contributed by atoms with Gasteiger partial charge in [-0.15, -0.1) is 0 Å². The first-order valence-electron chi connectivity index (χ1n) is 7.13. The van der Waals surface area contributed by atoms with Crippen molar-refractivity contribution >= 4 is 22.1 Å². The smallest absolute Gasteiger partial charge is 0.0591 e. The van der Waals surface area contributed by atoms with Crippen molar-refractivity contribution in [1.82, 2.24) is 5.32 Å². The molecule has 20 heavy (non-hydrogen) atoms. The lowest BCUT2D eigenvalue weighted by Crippen LogP contribution is -2.22. The van der Waals surface area contributed by atoms with E-state index in [-0.39, 0.29) is 6.04 Å². The summed E-state index contributed by atoms with van der Waals surface area (Å²) in [5, 5.41) is 10.7. The molecule has 2 aromatic carbocycles. The zero-order chi connectivity index (χ0) is 13.8. The van der Waals surface area contributed by atoms with E-state index in [1.807, 2.05) is 0 Å². The SMILES string of the molecule is CCCNC(c1ccsc1)c1cccc2ccccc12. The van der Waals surface area contributed by atoms with Gasteiger partial charge in [0.1, 0.15) is 0 Å². The highest BCUT2D eigenvalue weighted by Gasteiger charge is 2.15. The van der Waals surface area contributed by atoms with Gasteiger partial charge in [0.15, 0.2) is 0 Å². The summed E-state index contributed by atoms with van der Waals surface area (Å²) >= 11 is 1.76. The molecule has 102 valence electrons. The maximum absolute atomic E-state index is 3.69. The highest BCUT2D eigenvalue weighted by Crippen LogP contribution is 2.30. The summed E-state index contributed by atoms with van der Waals surface area (Å²) in [5.74, 6) is 0. The van der Waals surface area contributed by atoms with Crippen molar-refractivity contribution in [2.45, 2.75) is 19.4 Å². The van der Waals surface area contributed by atoms with Gasteiger partial charge in [-0.1, -0.05) is 49.4 Å². The molecule has 2 heteroatoms. The van der Waals surface area contributed by atoms with Crippen LogP contribution in [0.2, 0.25) is 0 Å². The molecule has 0 radical (unpaired) electrons. The van der Waals surface area contributed by atoms with Gasteiger partial charge in [-0.25, -0.2) is 0 Å². The Morgan fingerprint density at radius 1 is 1.05 bits per heavy atom. The molecular formula is C18H19NS. The van der Waals surface area contributed by atoms with E-state index in [0.29, 0.717) is 0 Å². The molecule has 1 aromatic heterocycles. The Bertz CT molecular complexity index is 667. The molecule has 1 nitrogen and oxygen atoms in total. The van der Waals surface area contributed by atoms with Gasteiger partial charge in [0, 0.05) is 0 Å². The van der Waals surface area contributed by atoms with E-state index in [2.05, 4.69) is 71.5 Å². The maximum Gasteiger partial charge on any atom is 0.0591 e. The largest absolute Gasteiger partial charge is 0.306 e. The van der Waals surface area contributed by atoms with Crippen LogP contribution in [0.3, 0.4) is 0 Å². The minimum Gasteiger partial charge on any atom is -0.306 e. The van der Waals surface area contributed by atoms with Gasteiger partial charge in [0.05, 0.1) is 6.04 Å². The number of thiophene rings is 1. The lowest BCUT2D eigenvalue weighted by Gasteiger charge is -2.20. The van der Waals surface area contributed by atoms with E-state index in [4.69, 9.17) is 0 Å². The molecule has 0 fully saturated rings. The van der Waals surface area contributed by atoms with Gasteiger partial charge in [-0.2, -0.15) is 11.3 Å². The van der Waals surface area contributed by atoms with E-state index >= 15 is 0 Å². The Labute approximate surface area is 124 Å². The summed E-state index contributed by atoms with van der Waals surface area (Å²) in [7, 11) is 0. The highest BCUT2D eigenvalue weighted by atomic mass is 32.1. The van der Waals surface area contributed by atoms with E-state index in [9.17, 15) is 0 Å². The number of rotatable bonds is 5. The van der Waals surface area contributed by atoms with Crippen LogP contribution in [0.25, 0.3) is 10.8 Å². The van der Waals surface area contributed by atoms with Crippen LogP contribution in [0.1, 0.15) is 30.5 Å². The molecule has 1 heterocycles. The lowest BCUT2D eigenvalue weighted by molar-refractivity contribution is 0.603. The Kier molecular flexibility index (Phi) is 4.14. The molecule has 0 spiro atoms. The second-order valence-electron chi connectivity index (χ2n) is 5.01. The Hall–Kier alpha value is -1.64. The number of fused-ring (bicyclic) bond motifs is 1. The highest BCUT2D eigenvalue weighted by molar-refractivity contribution is 7.08. The van der Waals surface area contributed by atoms with Crippen molar-refractivity contribution < 1.29 is 0 Å². The average Bonchev–Trinajstić information content (AvgIpc) is 3.02. The van der Waals surface area contributed by atoms with Crippen LogP contribution >= 0.6 is 11.3 Å². The third-order valence-electron chi connectivity index (χ3n) is 3.61. The van der Waals surface area contributed by atoms with E-state index in [0.717, 1.165) is 13.0 Å². The standard InChI is InChI=1S/C18H19NS/c1-2-11-19-18(15-10-12-20-13-15)17-9-5-7-14-6-3-4-8-16(14)17/h3-10,12-13,18-19H,2,11H2,1H3. The second-order valence-corrected chi connectivity index (χ2v) is 5.79. The van der Waals surface area contributed by atoms with Gasteiger partial charge in [0.2, 0.25) is 0 Å². The predicted octanol–water partition coefficient (Wildman–Crippen LogP) is 4.99. The first-order chi connectivity index (χ1) is 9.90. The van der Waals surface area contributed by atoms with Crippen molar-refractivity contribution in [1.29, 1.82) is 0 Å². The fourth-order valence-corrected chi connectivity index (χ4v) is 3.32. The number of nitrogens with one attached hydrogen (secondary N) is 1. The van der Waals surface area contributed by atoms with Crippen molar-refractivity contribution in [2.75, 3.05) is 6.54 Å². The third-order valence-corrected chi connectivity index (χ3v) is 4.31. The molecule has 0 saturated heterocycles. The van der Waals surface area contributed by atoms with E-state index < -0.39 is 0 Å². The van der Waals surface area contributed by atoms with Crippen LogP contribution in [0.5, 0.6) is 0 Å². The molecular weight excluding hydrogens is 262 g/mol. The van der Waals surface area contributed by atoms with Gasteiger partial charge in [-0.3, -0.25) is 0 Å². The predicted molar refractivity (Wildman–Crippen MR) is 88.4 cm³/mol. The van der Waals surface area contributed by atoms with Crippen LogP contribution in [-0.4, -0.2) is 6.54 Å². The van der Waals surface area contributed by atoms with Crippen LogP contribution in [0.15, 0.2) is 59.3 Å². The normalized spacial score (nSPS) is 12.7. The lowest BCUT2D eigenvalue weighted by atomic mass is 9.95. The fourth-order valence-electron chi connectivity index (χ4n) is 2.64. The average molecular weight is 281 g/mol. The van der Waals surface area contributed by atoms with Crippen LogP contribution in [-0.2, 0) is 0 Å². The summed E-state index contributed by atoms with van der Waals surface area (Å²) in [4.78, 5) is 0. The molecule has 0 aliphatic heterocycles. The molecule has 0 bridgehead atoms. The third kappa shape index (κ3) is 2.62. The van der Waals surface area contributed by atoms with Crippen LogP contribution < -0.4 is 5.32 Å². The summed E-state index contributed by atoms with van der Waals surface area (Å²) < 4.78 is 0. The van der Waals surface area contributed by atoms with Gasteiger partial charge in [-0.05, 0) is 51.7 Å². The van der Waals surface area contributed by atoms with E-state index in [1.54, 1.807) is 11.3 Å². The molecule has 1 N–H and O–H groups in total. The molecule has 0 saturated carbocycles. The van der Waals surface area contributed by atoms with Crippen LogP contribution in [0, 0.1) is 0 Å². The van der Waals surface area contributed by atoms with Crippen molar-refractivity contribution in [2.24, 2.45) is 0 Å². The molecule has 0 amide bonds. The number of benzene rings is 2. The summed E-state index contributed by atoms with van der Waals surface area (Å²) in [6.07, 6.45) is 1.14. The van der Waals surface area contributed by atoms with Gasteiger partial charge < -0.3 is 5.32 Å². The van der Waals surface area contributed by atoms with Gasteiger partial charge in [0.25, 0.3) is 0 Å². The summed E-state index contributed by atoms with van der Waals surface area (Å²) in [5.41, 5.74) is 2.73. The monoisotopic (exact) mass is 281 g/mol. The Balaban J connectivity index is 2.09. The van der Waals surface area contributed by atoms with Gasteiger partial charge >= 0.3 is 0 Å². The molecule has 3 aromatic rings. The minimum atomic E-state index is 0.285. The molecule has 3 rings (SSSR count). The van der Waals surface area contributed by atoms with Crippen LogP contribution in [0.4, 0.5) is 0 Å². The maximum atomic E-state index is 3.69. The van der Waals surface area contributed by atoms with E-state index in [1.165, 1.54) is 21.9 Å². The zero-order valence-corrected chi connectivity index (χ0v) is 12.5. The topological polar surface area (TPSA) is 12.0 Å². The van der Waals surface area contributed by atoms with Crippen molar-refractivity contribution in [3.8, 4) is 0 Å². The quantitative estimate of drug-likeness (QED) is 0.694. The minimum absolute atomic E-state index is 0.285. The first kappa shape index (κ1) is 13.3. The second kappa shape index (κ2) is 6.21. The molecule has 1 unspecified atom stereocenters. The Morgan fingerprint density at radius 2 is 1.90 bits per heavy atom. The van der Waals surface area contributed by atoms with Crippen molar-refractivity contribution in [3.63, 3.8) is 0 Å². The summed E-state index contributed by atoms with van der Waals surface area (Å²) in [6.45, 7) is 3.24. The fraction of sp³-hybridized carbons (Fsp3) is 0.222. The summed E-state index contributed by atoms with van der Waals surface area (Å²) in [6, 6.07) is 17.7. The molecule has 1 atom stereocenters. The Morgan fingerprint density at radius 3 is 2.70 bits per heavy atom. The number of hydrogen-bond acceptors (Lipinski definition) is 2. The first-order valence-corrected chi connectivity index (χ1v) is 8.07. The zero-order valence-electron chi connectivity index (χ0n) is 11.7. The van der Waals surface area contributed by atoms with Crippen molar-refractivity contribution in [3.05, 3.63) is 70.4 Å². The molecule has 0 aliphatic rings. The molecule has 0 aliphatic carbocycles.